The molecular weight excluding hydrogens is 292 g/mol. The van der Waals surface area contributed by atoms with Crippen molar-refractivity contribution in [3.8, 4) is 0 Å². The van der Waals surface area contributed by atoms with Gasteiger partial charge in [-0.2, -0.15) is 0 Å². The second kappa shape index (κ2) is 5.48. The number of fused-ring (bicyclic) bond motifs is 1. The van der Waals surface area contributed by atoms with E-state index in [1.54, 1.807) is 0 Å². The molecule has 0 aliphatic carbocycles. The van der Waals surface area contributed by atoms with E-state index in [0.29, 0.717) is 6.42 Å². The Morgan fingerprint density at radius 2 is 2.05 bits per heavy atom. The summed E-state index contributed by atoms with van der Waals surface area (Å²) in [4.78, 5) is 13.3. The monoisotopic (exact) mass is 305 g/mol. The number of thioether (sulfide) groups is 1. The molecule has 1 atom stereocenters. The third kappa shape index (κ3) is 2.93. The molecule has 0 aromatic heterocycles. The van der Waals surface area contributed by atoms with Crippen molar-refractivity contribution in [2.24, 2.45) is 0 Å². The minimum Gasteiger partial charge on any atom is -0.323 e. The van der Waals surface area contributed by atoms with Gasteiger partial charge >= 0.3 is 0 Å². The molecule has 0 bridgehead atoms. The van der Waals surface area contributed by atoms with E-state index in [0.717, 1.165) is 28.2 Å². The number of hydrogen-bond acceptors (Lipinski definition) is 2. The number of hydrogen-bond donors (Lipinski definition) is 1. The molecule has 1 aliphatic rings. The molecule has 0 fully saturated rings. The van der Waals surface area contributed by atoms with Crippen molar-refractivity contribution < 1.29 is 13.6 Å². The summed E-state index contributed by atoms with van der Waals surface area (Å²) in [6.07, 6.45) is 0.620. The summed E-state index contributed by atoms with van der Waals surface area (Å²) in [7, 11) is 0. The molecule has 0 spiro atoms. The van der Waals surface area contributed by atoms with Crippen molar-refractivity contribution in [2.75, 3.05) is 5.32 Å². The average Bonchev–Trinajstić information content (AvgIpc) is 2.85. The van der Waals surface area contributed by atoms with E-state index < -0.39 is 11.6 Å². The van der Waals surface area contributed by atoms with E-state index in [1.807, 2.05) is 25.1 Å². The van der Waals surface area contributed by atoms with Crippen molar-refractivity contribution in [1.29, 1.82) is 0 Å². The Morgan fingerprint density at radius 1 is 1.24 bits per heavy atom. The first-order valence-corrected chi connectivity index (χ1v) is 7.43. The van der Waals surface area contributed by atoms with Gasteiger partial charge in [0.1, 0.15) is 11.6 Å². The Balaban J connectivity index is 1.73. The largest absolute Gasteiger partial charge is 0.323 e. The lowest BCUT2D eigenvalue weighted by Gasteiger charge is -2.10. The van der Waals surface area contributed by atoms with E-state index in [4.69, 9.17) is 0 Å². The summed E-state index contributed by atoms with van der Waals surface area (Å²) in [5, 5.41) is 2.24. The molecule has 1 heterocycles. The normalized spacial score (nSPS) is 16.6. The van der Waals surface area contributed by atoms with Crippen LogP contribution >= 0.6 is 11.8 Å². The highest BCUT2D eigenvalue weighted by Crippen LogP contribution is 2.38. The molecular formula is C16H13F2NOS. The SMILES string of the molecule is Cc1ccc2c(c1)S[C@@H](C(=O)Nc1ccc(F)cc1F)C2. The first kappa shape index (κ1) is 14.1. The molecule has 0 saturated carbocycles. The van der Waals surface area contributed by atoms with Crippen LogP contribution in [0.25, 0.3) is 0 Å². The van der Waals surface area contributed by atoms with Gasteiger partial charge in [0, 0.05) is 11.0 Å². The minimum absolute atomic E-state index is 0.00846. The van der Waals surface area contributed by atoms with Crippen molar-refractivity contribution in [2.45, 2.75) is 23.5 Å². The van der Waals surface area contributed by atoms with Gasteiger partial charge in [-0.15, -0.1) is 11.8 Å². The summed E-state index contributed by atoms with van der Waals surface area (Å²) >= 11 is 1.48. The van der Waals surface area contributed by atoms with Gasteiger partial charge in [0.05, 0.1) is 10.9 Å². The third-order valence-electron chi connectivity index (χ3n) is 3.38. The highest BCUT2D eigenvalue weighted by atomic mass is 32.2. The molecule has 5 heteroatoms. The van der Waals surface area contributed by atoms with Gasteiger partial charge in [-0.1, -0.05) is 17.7 Å². The molecule has 2 aromatic carbocycles. The quantitative estimate of drug-likeness (QED) is 0.911. The van der Waals surface area contributed by atoms with Crippen molar-refractivity contribution in [1.82, 2.24) is 0 Å². The summed E-state index contributed by atoms with van der Waals surface area (Å²) in [5.41, 5.74) is 2.28. The fourth-order valence-corrected chi connectivity index (χ4v) is 3.58. The number of amides is 1. The zero-order chi connectivity index (χ0) is 15.0. The lowest BCUT2D eigenvalue weighted by Crippen LogP contribution is -2.25. The molecule has 1 N–H and O–H groups in total. The molecule has 3 rings (SSSR count). The second-order valence-corrected chi connectivity index (χ2v) is 6.28. The number of carbonyl (C=O) groups excluding carboxylic acids is 1. The van der Waals surface area contributed by atoms with Crippen LogP contribution in [0.2, 0.25) is 0 Å². The van der Waals surface area contributed by atoms with Crippen LogP contribution in [0, 0.1) is 18.6 Å². The van der Waals surface area contributed by atoms with E-state index in [2.05, 4.69) is 5.32 Å². The Bertz CT molecular complexity index is 717. The number of aryl methyl sites for hydroxylation is 1. The van der Waals surface area contributed by atoms with Crippen LogP contribution in [0.3, 0.4) is 0 Å². The van der Waals surface area contributed by atoms with Gasteiger partial charge in [0.15, 0.2) is 0 Å². The van der Waals surface area contributed by atoms with Crippen LogP contribution in [0.5, 0.6) is 0 Å². The van der Waals surface area contributed by atoms with Crippen LogP contribution in [0.4, 0.5) is 14.5 Å². The van der Waals surface area contributed by atoms with E-state index in [9.17, 15) is 13.6 Å². The van der Waals surface area contributed by atoms with Gasteiger partial charge in [0.2, 0.25) is 5.91 Å². The van der Waals surface area contributed by atoms with Gasteiger partial charge in [0.25, 0.3) is 0 Å². The molecule has 2 aromatic rings. The molecule has 0 unspecified atom stereocenters. The Morgan fingerprint density at radius 3 is 2.81 bits per heavy atom. The Kier molecular flexibility index (Phi) is 3.68. The first-order valence-electron chi connectivity index (χ1n) is 6.55. The topological polar surface area (TPSA) is 29.1 Å². The van der Waals surface area contributed by atoms with Crippen molar-refractivity contribution in [3.05, 3.63) is 59.2 Å². The number of carbonyl (C=O) groups is 1. The number of benzene rings is 2. The maximum Gasteiger partial charge on any atom is 0.238 e. The summed E-state index contributed by atoms with van der Waals surface area (Å²) < 4.78 is 26.4. The third-order valence-corrected chi connectivity index (χ3v) is 4.68. The summed E-state index contributed by atoms with van der Waals surface area (Å²) in [5.74, 6) is -1.69. The summed E-state index contributed by atoms with van der Waals surface area (Å²) in [6.45, 7) is 2.00. The fraction of sp³-hybridized carbons (Fsp3) is 0.188. The zero-order valence-electron chi connectivity index (χ0n) is 11.3. The van der Waals surface area contributed by atoms with Gasteiger partial charge in [-0.05, 0) is 37.1 Å². The highest BCUT2D eigenvalue weighted by Gasteiger charge is 2.28. The first-order chi connectivity index (χ1) is 10.0. The molecule has 2 nitrogen and oxygen atoms in total. The lowest BCUT2D eigenvalue weighted by atomic mass is 10.1. The van der Waals surface area contributed by atoms with Crippen LogP contribution in [0.15, 0.2) is 41.3 Å². The van der Waals surface area contributed by atoms with Gasteiger partial charge in [-0.3, -0.25) is 4.79 Å². The van der Waals surface area contributed by atoms with Crippen molar-refractivity contribution in [3.63, 3.8) is 0 Å². The molecule has 108 valence electrons. The number of anilines is 1. The molecule has 0 radical (unpaired) electrons. The standard InChI is InChI=1S/C16H13F2NOS/c1-9-2-3-10-7-15(21-14(10)6-9)16(20)19-13-5-4-11(17)8-12(13)18/h2-6,8,15H,7H2,1H3,(H,19,20)/t15-/m1/s1. The molecule has 0 saturated heterocycles. The van der Waals surface area contributed by atoms with Gasteiger partial charge in [-0.25, -0.2) is 8.78 Å². The van der Waals surface area contributed by atoms with E-state index >= 15 is 0 Å². The van der Waals surface area contributed by atoms with Gasteiger partial charge < -0.3 is 5.32 Å². The van der Waals surface area contributed by atoms with Crippen LogP contribution in [-0.4, -0.2) is 11.2 Å². The smallest absolute Gasteiger partial charge is 0.238 e. The second-order valence-electron chi connectivity index (χ2n) is 5.04. The van der Waals surface area contributed by atoms with Crippen molar-refractivity contribution >= 4 is 23.4 Å². The number of nitrogens with one attached hydrogen (secondary N) is 1. The average molecular weight is 305 g/mol. The molecule has 1 aliphatic heterocycles. The molecule has 1 amide bonds. The van der Waals surface area contributed by atoms with Crippen LogP contribution in [-0.2, 0) is 11.2 Å². The lowest BCUT2D eigenvalue weighted by molar-refractivity contribution is -0.115. The highest BCUT2D eigenvalue weighted by molar-refractivity contribution is 8.01. The maximum atomic E-state index is 13.6. The Hall–Kier alpha value is -1.88. The molecule has 21 heavy (non-hydrogen) atoms. The van der Waals surface area contributed by atoms with E-state index in [1.165, 1.54) is 17.8 Å². The Labute approximate surface area is 125 Å². The fourth-order valence-electron chi connectivity index (χ4n) is 2.29. The minimum atomic E-state index is -0.764. The van der Waals surface area contributed by atoms with Crippen LogP contribution in [0.1, 0.15) is 11.1 Å². The maximum absolute atomic E-state index is 13.6. The zero-order valence-corrected chi connectivity index (χ0v) is 12.1. The predicted octanol–water partition coefficient (Wildman–Crippen LogP) is 3.93. The summed E-state index contributed by atoms with van der Waals surface area (Å²) in [6, 6.07) is 9.20. The number of rotatable bonds is 2. The van der Waals surface area contributed by atoms with Crippen LogP contribution < -0.4 is 5.32 Å². The number of halogens is 2. The predicted molar refractivity (Wildman–Crippen MR) is 79.5 cm³/mol. The van der Waals surface area contributed by atoms with E-state index in [-0.39, 0.29) is 16.8 Å².